The lowest BCUT2D eigenvalue weighted by Crippen LogP contribution is -2.38. The van der Waals surface area contributed by atoms with E-state index in [0.29, 0.717) is 28.4 Å². The summed E-state index contributed by atoms with van der Waals surface area (Å²) in [6, 6.07) is 23.1. The smallest absolute Gasteiger partial charge is 0.262 e. The van der Waals surface area contributed by atoms with Crippen LogP contribution in [0.2, 0.25) is 0 Å². The molecule has 4 unspecified atom stereocenters. The van der Waals surface area contributed by atoms with Crippen molar-refractivity contribution >= 4 is 34.7 Å². The minimum atomic E-state index is -1.25. The highest BCUT2D eigenvalue weighted by Crippen LogP contribution is 2.44. The van der Waals surface area contributed by atoms with E-state index >= 15 is 0 Å². The van der Waals surface area contributed by atoms with E-state index in [1.165, 1.54) is 32.4 Å². The fraction of sp³-hybridized carbons (Fsp3) is 0.233. The molecule has 4 aromatic rings. The Labute approximate surface area is 337 Å². The van der Waals surface area contributed by atoms with Crippen molar-refractivity contribution in [3.8, 4) is 34.5 Å². The summed E-state index contributed by atoms with van der Waals surface area (Å²) in [5, 5.41) is 37.5. The van der Waals surface area contributed by atoms with E-state index in [9.17, 15) is 29.7 Å². The molecule has 306 valence electrons. The monoisotopic (exact) mass is 808 g/mol. The number of amides is 2. The fourth-order valence-electron chi connectivity index (χ4n) is 6.55. The van der Waals surface area contributed by atoms with Gasteiger partial charge in [0.1, 0.15) is 35.0 Å². The third-order valence-electron chi connectivity index (χ3n) is 9.50. The molecule has 16 heteroatoms. The quantitative estimate of drug-likeness (QED) is 0.108. The van der Waals surface area contributed by atoms with Crippen LogP contribution in [0.4, 0.5) is 11.4 Å². The van der Waals surface area contributed by atoms with Gasteiger partial charge in [-0.15, -0.1) is 0 Å². The van der Waals surface area contributed by atoms with E-state index < -0.39 is 66.6 Å². The first-order valence-corrected chi connectivity index (χ1v) is 18.2. The highest BCUT2D eigenvalue weighted by atomic mass is 16.6. The zero-order chi connectivity index (χ0) is 41.6. The number of benzene rings is 4. The summed E-state index contributed by atoms with van der Waals surface area (Å²) in [5.74, 6) is -1.84. The molecule has 3 aliphatic rings. The summed E-state index contributed by atoms with van der Waals surface area (Å²) >= 11 is 0. The van der Waals surface area contributed by atoms with Gasteiger partial charge in [0, 0.05) is 28.6 Å². The second kappa shape index (κ2) is 17.4. The Morgan fingerprint density at radius 3 is 1.97 bits per heavy atom. The van der Waals surface area contributed by atoms with Crippen molar-refractivity contribution in [3.05, 3.63) is 125 Å². The normalized spacial score (nSPS) is 19.2. The molecular formula is C43H40N2O14. The van der Waals surface area contributed by atoms with E-state index in [0.717, 1.165) is 0 Å². The lowest BCUT2D eigenvalue weighted by molar-refractivity contribution is -0.126. The molecule has 0 saturated carbocycles. The predicted octanol–water partition coefficient (Wildman–Crippen LogP) is 5.41. The first kappa shape index (κ1) is 39.9. The van der Waals surface area contributed by atoms with E-state index in [-0.39, 0.29) is 46.7 Å². The van der Waals surface area contributed by atoms with Gasteiger partial charge in [0.15, 0.2) is 54.2 Å². The average molecular weight is 809 g/mol. The van der Waals surface area contributed by atoms with Gasteiger partial charge in [0.2, 0.25) is 11.5 Å². The molecule has 0 aromatic heterocycles. The number of carbonyl (C=O) groups is 3. The molecule has 0 fully saturated rings. The Morgan fingerprint density at radius 2 is 1.36 bits per heavy atom. The lowest BCUT2D eigenvalue weighted by atomic mass is 9.86. The van der Waals surface area contributed by atoms with E-state index in [2.05, 4.69) is 10.6 Å². The molecule has 2 aliphatic heterocycles. The molecule has 4 atom stereocenters. The Kier molecular flexibility index (Phi) is 11.8. The van der Waals surface area contributed by atoms with Gasteiger partial charge >= 0.3 is 0 Å². The number of hydrogen-bond acceptors (Lipinski definition) is 14. The van der Waals surface area contributed by atoms with Crippen LogP contribution < -0.4 is 39.1 Å². The fourth-order valence-corrected chi connectivity index (χ4v) is 6.55. The van der Waals surface area contributed by atoms with Crippen molar-refractivity contribution in [3.63, 3.8) is 0 Å². The topological polar surface area (TPSA) is 210 Å². The summed E-state index contributed by atoms with van der Waals surface area (Å²) in [6.45, 7) is -1.14. The molecule has 0 bridgehead atoms. The van der Waals surface area contributed by atoms with Crippen molar-refractivity contribution in [2.75, 3.05) is 51.8 Å². The Morgan fingerprint density at radius 1 is 0.712 bits per heavy atom. The predicted molar refractivity (Wildman–Crippen MR) is 211 cm³/mol. The number of Topliss-reactive ketones (excluding diaryl/α,β-unsaturated/α-hetero) is 1. The van der Waals surface area contributed by atoms with Crippen LogP contribution in [0.5, 0.6) is 34.5 Å². The van der Waals surface area contributed by atoms with Crippen LogP contribution in [0.1, 0.15) is 17.2 Å². The molecule has 2 amide bonds. The number of nitrogens with one attached hydrogen (secondary N) is 2. The van der Waals surface area contributed by atoms with Gasteiger partial charge in [-0.05, 0) is 84.9 Å². The maximum absolute atomic E-state index is 13.4. The molecule has 16 nitrogen and oxygen atoms in total. The maximum Gasteiger partial charge on any atom is 0.262 e. The van der Waals surface area contributed by atoms with Crippen molar-refractivity contribution < 1.29 is 67.6 Å². The van der Waals surface area contributed by atoms with Gasteiger partial charge in [-0.3, -0.25) is 14.4 Å². The maximum atomic E-state index is 13.4. The van der Waals surface area contributed by atoms with E-state index in [1.54, 1.807) is 86.0 Å². The number of rotatable bonds is 14. The summed E-state index contributed by atoms with van der Waals surface area (Å²) < 4.78 is 45.8. The van der Waals surface area contributed by atoms with Crippen molar-refractivity contribution in [2.45, 2.75) is 18.3 Å². The van der Waals surface area contributed by atoms with Crippen LogP contribution in [-0.4, -0.2) is 86.3 Å². The van der Waals surface area contributed by atoms with Gasteiger partial charge < -0.3 is 63.8 Å². The number of fused-ring (bicyclic) bond motifs is 2. The van der Waals surface area contributed by atoms with Gasteiger partial charge in [-0.1, -0.05) is 6.07 Å². The number of anilines is 2. The molecule has 0 spiro atoms. The number of ether oxygens (including phenoxy) is 8. The summed E-state index contributed by atoms with van der Waals surface area (Å²) in [6.07, 6.45) is -0.185. The summed E-state index contributed by atoms with van der Waals surface area (Å²) in [5.41, 5.74) is 1.88. The standard InChI is InChI=1S/C43H40N2O14/c1-52-27-10-6-25(7-11-27)44-37(48)21-55-29-18-30(47)39-35(19-29)59-43(41(51)40(39)50)24-5-15-32-34(17-24)58-42(36(20-46)57-32)23-4-14-31(33(16-23)54-3)56-22-38(49)45-26-8-12-28(53-2)13-9-26/h4-19,35-36,39,42,46-47,51H,20-22H2,1-3H3,(H,44,48)(H,45,49). The molecule has 59 heavy (non-hydrogen) atoms. The molecule has 0 saturated heterocycles. The first-order chi connectivity index (χ1) is 28.6. The molecule has 7 rings (SSSR count). The van der Waals surface area contributed by atoms with Crippen LogP contribution in [-0.2, 0) is 23.9 Å². The summed E-state index contributed by atoms with van der Waals surface area (Å²) in [7, 11) is 4.52. The van der Waals surface area contributed by atoms with Crippen LogP contribution in [0.3, 0.4) is 0 Å². The third-order valence-corrected chi connectivity index (χ3v) is 9.50. The Balaban J connectivity index is 1.03. The zero-order valence-electron chi connectivity index (χ0n) is 32.0. The highest BCUT2D eigenvalue weighted by Gasteiger charge is 2.44. The Bertz CT molecular complexity index is 2320. The van der Waals surface area contributed by atoms with Crippen LogP contribution in [0.15, 0.2) is 114 Å². The second-order valence-corrected chi connectivity index (χ2v) is 13.3. The zero-order valence-corrected chi connectivity index (χ0v) is 32.0. The van der Waals surface area contributed by atoms with Crippen molar-refractivity contribution in [1.29, 1.82) is 0 Å². The van der Waals surface area contributed by atoms with Gasteiger partial charge in [-0.25, -0.2) is 0 Å². The third kappa shape index (κ3) is 8.82. The number of methoxy groups -OCH3 is 3. The van der Waals surface area contributed by atoms with E-state index in [4.69, 9.17) is 37.9 Å². The summed E-state index contributed by atoms with van der Waals surface area (Å²) in [4.78, 5) is 38.6. The molecule has 5 N–H and O–H groups in total. The van der Waals surface area contributed by atoms with Crippen LogP contribution in [0.25, 0.3) is 5.76 Å². The minimum Gasteiger partial charge on any atom is -0.511 e. The number of aliphatic hydroxyl groups excluding tert-OH is 3. The minimum absolute atomic E-state index is 0.0749. The van der Waals surface area contributed by atoms with Crippen molar-refractivity contribution in [1.82, 2.24) is 0 Å². The number of aliphatic hydroxyl groups is 3. The van der Waals surface area contributed by atoms with Gasteiger partial charge in [-0.2, -0.15) is 0 Å². The first-order valence-electron chi connectivity index (χ1n) is 18.2. The van der Waals surface area contributed by atoms with Gasteiger partial charge in [0.25, 0.3) is 11.8 Å². The number of hydrogen-bond donors (Lipinski definition) is 5. The molecular weight excluding hydrogens is 768 g/mol. The van der Waals surface area contributed by atoms with Crippen LogP contribution in [0, 0.1) is 5.92 Å². The molecule has 4 aromatic carbocycles. The van der Waals surface area contributed by atoms with Gasteiger partial charge in [0.05, 0.1) is 27.9 Å². The number of carbonyl (C=O) groups excluding carboxylic acids is 3. The second-order valence-electron chi connectivity index (χ2n) is 13.3. The SMILES string of the molecule is COc1ccc(NC(=O)COC2=CC3OC(c4ccc5c(c4)OC(c4ccc(OCC(=O)Nc6ccc(OC)cc6)c(OC)c4)C(CO)O5)=C(O)C(=O)C3C(O)=C2)cc1. The van der Waals surface area contributed by atoms with Crippen LogP contribution >= 0.6 is 0 Å². The molecule has 0 radical (unpaired) electrons. The average Bonchev–Trinajstić information content (AvgIpc) is 3.25. The highest BCUT2D eigenvalue weighted by molar-refractivity contribution is 6.04. The largest absolute Gasteiger partial charge is 0.511 e. The molecule has 2 heterocycles. The number of allylic oxidation sites excluding steroid dienone is 2. The lowest BCUT2D eigenvalue weighted by Gasteiger charge is -2.35. The number of ketones is 1. The Hall–Kier alpha value is -7.33. The molecule has 1 aliphatic carbocycles. The van der Waals surface area contributed by atoms with Crippen molar-refractivity contribution in [2.24, 2.45) is 5.92 Å². The van der Waals surface area contributed by atoms with E-state index in [1.807, 2.05) is 0 Å².